The van der Waals surface area contributed by atoms with Crippen LogP contribution in [0.15, 0.2) is 30.5 Å². The number of amides is 1. The average Bonchev–Trinajstić information content (AvgIpc) is 3.09. The van der Waals surface area contributed by atoms with E-state index in [0.29, 0.717) is 22.4 Å². The molecule has 0 aliphatic heterocycles. The number of halogens is 3. The first-order valence-electron chi connectivity index (χ1n) is 6.93. The number of carbonyl (C=O) groups is 1. The number of H-pyrrole nitrogens is 1. The van der Waals surface area contributed by atoms with Crippen LogP contribution in [-0.4, -0.2) is 25.9 Å². The minimum absolute atomic E-state index is 0.179. The first-order valence-corrected chi connectivity index (χ1v) is 8.06. The predicted octanol–water partition coefficient (Wildman–Crippen LogP) is 4.18. The largest absolute Gasteiger partial charge is 0.304 e. The summed E-state index contributed by atoms with van der Waals surface area (Å²) in [5, 5.41) is 14.6. The Labute approximate surface area is 152 Å². The number of anilines is 1. The minimum atomic E-state index is -0.419. The lowest BCUT2D eigenvalue weighted by molar-refractivity contribution is 0.102. The van der Waals surface area contributed by atoms with Crippen LogP contribution in [0.2, 0.25) is 15.1 Å². The van der Waals surface area contributed by atoms with Gasteiger partial charge in [-0.15, -0.1) is 0 Å². The lowest BCUT2D eigenvalue weighted by atomic mass is 10.2. The zero-order valence-electron chi connectivity index (χ0n) is 12.5. The first-order chi connectivity index (χ1) is 11.5. The number of benzene rings is 1. The fraction of sp³-hybridized carbons (Fsp3) is 0.133. The lowest BCUT2D eigenvalue weighted by Crippen LogP contribution is -2.14. The van der Waals surface area contributed by atoms with E-state index in [1.54, 1.807) is 28.9 Å². The van der Waals surface area contributed by atoms with Gasteiger partial charge in [0.1, 0.15) is 5.69 Å². The van der Waals surface area contributed by atoms with E-state index in [0.717, 1.165) is 11.3 Å². The van der Waals surface area contributed by atoms with Gasteiger partial charge in [-0.25, -0.2) is 0 Å². The van der Waals surface area contributed by atoms with Crippen LogP contribution >= 0.6 is 34.8 Å². The van der Waals surface area contributed by atoms with E-state index in [1.807, 2.05) is 6.92 Å². The van der Waals surface area contributed by atoms with E-state index in [-0.39, 0.29) is 10.7 Å². The highest BCUT2D eigenvalue weighted by molar-refractivity contribution is 6.36. The molecule has 0 saturated heterocycles. The Balaban J connectivity index is 1.81. The van der Waals surface area contributed by atoms with Crippen molar-refractivity contribution in [3.8, 4) is 0 Å². The van der Waals surface area contributed by atoms with Crippen molar-refractivity contribution in [3.05, 3.63) is 62.5 Å². The molecular weight excluding hydrogens is 373 g/mol. The highest BCUT2D eigenvalue weighted by Crippen LogP contribution is 2.26. The van der Waals surface area contributed by atoms with Gasteiger partial charge in [-0.3, -0.25) is 14.6 Å². The van der Waals surface area contributed by atoms with Gasteiger partial charge in [-0.2, -0.15) is 10.2 Å². The summed E-state index contributed by atoms with van der Waals surface area (Å²) >= 11 is 18.2. The average molecular weight is 385 g/mol. The zero-order chi connectivity index (χ0) is 17.3. The number of rotatable bonds is 4. The number of aryl methyl sites for hydroxylation is 1. The fourth-order valence-electron chi connectivity index (χ4n) is 2.17. The molecule has 0 bridgehead atoms. The highest BCUT2D eigenvalue weighted by Gasteiger charge is 2.15. The van der Waals surface area contributed by atoms with Gasteiger partial charge in [-0.05, 0) is 19.1 Å². The number of hydrogen-bond donors (Lipinski definition) is 2. The Morgan fingerprint density at radius 2 is 1.96 bits per heavy atom. The molecule has 0 aliphatic carbocycles. The molecule has 0 radical (unpaired) electrons. The van der Waals surface area contributed by atoms with E-state index < -0.39 is 5.91 Å². The number of nitrogens with one attached hydrogen (secondary N) is 2. The van der Waals surface area contributed by atoms with Crippen molar-refractivity contribution in [2.45, 2.75) is 13.5 Å². The van der Waals surface area contributed by atoms with Crippen molar-refractivity contribution < 1.29 is 4.79 Å². The van der Waals surface area contributed by atoms with Crippen LogP contribution in [0.5, 0.6) is 0 Å². The summed E-state index contributed by atoms with van der Waals surface area (Å²) in [5.41, 5.74) is 1.79. The molecule has 2 heterocycles. The van der Waals surface area contributed by atoms with Crippen molar-refractivity contribution in [1.29, 1.82) is 0 Å². The monoisotopic (exact) mass is 383 g/mol. The summed E-state index contributed by atoms with van der Waals surface area (Å²) in [6, 6.07) is 7.06. The van der Waals surface area contributed by atoms with Crippen LogP contribution in [-0.2, 0) is 6.54 Å². The molecule has 0 saturated carbocycles. The Hall–Kier alpha value is -2.02. The molecule has 1 amide bonds. The van der Waals surface area contributed by atoms with E-state index >= 15 is 0 Å². The van der Waals surface area contributed by atoms with Crippen LogP contribution in [0.25, 0.3) is 0 Å². The fourth-order valence-corrected chi connectivity index (χ4v) is 2.87. The number of carbonyl (C=O) groups excluding carboxylic acids is 1. The molecule has 6 nitrogen and oxygen atoms in total. The van der Waals surface area contributed by atoms with Crippen LogP contribution in [0.4, 0.5) is 5.82 Å². The normalized spacial score (nSPS) is 10.8. The van der Waals surface area contributed by atoms with E-state index in [9.17, 15) is 4.79 Å². The van der Waals surface area contributed by atoms with Crippen molar-refractivity contribution in [1.82, 2.24) is 20.0 Å². The lowest BCUT2D eigenvalue weighted by Gasteiger charge is -2.08. The minimum Gasteiger partial charge on any atom is -0.304 e. The second-order valence-corrected chi connectivity index (χ2v) is 6.30. The molecule has 0 atom stereocenters. The molecule has 124 valence electrons. The second-order valence-electron chi connectivity index (χ2n) is 5.08. The maximum atomic E-state index is 12.1. The molecule has 2 aromatic heterocycles. The van der Waals surface area contributed by atoms with E-state index in [2.05, 4.69) is 20.6 Å². The van der Waals surface area contributed by atoms with Gasteiger partial charge in [0, 0.05) is 27.4 Å². The second kappa shape index (κ2) is 6.84. The standard InChI is InChI=1S/C15H12Cl3N5O/c1-8-5-13(20-15(24)14-12(18)6-19-21-14)22-23(8)7-9-10(16)3-2-4-11(9)17/h2-6H,7H2,1H3,(H,19,21)(H,20,22,24). The smallest absolute Gasteiger partial charge is 0.276 e. The first kappa shape index (κ1) is 16.8. The maximum Gasteiger partial charge on any atom is 0.276 e. The van der Waals surface area contributed by atoms with Gasteiger partial charge >= 0.3 is 0 Å². The molecule has 9 heteroatoms. The Kier molecular flexibility index (Phi) is 4.80. The molecule has 0 unspecified atom stereocenters. The molecule has 3 rings (SSSR count). The summed E-state index contributed by atoms with van der Waals surface area (Å²) in [6.07, 6.45) is 1.36. The van der Waals surface area contributed by atoms with Crippen molar-refractivity contribution in [2.75, 3.05) is 5.32 Å². The third-order valence-electron chi connectivity index (χ3n) is 3.41. The molecule has 0 fully saturated rings. The molecular formula is C15H12Cl3N5O. The molecule has 2 N–H and O–H groups in total. The van der Waals surface area contributed by atoms with Gasteiger partial charge in [0.25, 0.3) is 5.91 Å². The number of aromatic nitrogens is 4. The maximum absolute atomic E-state index is 12.1. The van der Waals surface area contributed by atoms with Gasteiger partial charge in [-0.1, -0.05) is 40.9 Å². The topological polar surface area (TPSA) is 75.6 Å². The Bertz CT molecular complexity index is 882. The third kappa shape index (κ3) is 3.40. The van der Waals surface area contributed by atoms with E-state index in [4.69, 9.17) is 34.8 Å². The van der Waals surface area contributed by atoms with Crippen molar-refractivity contribution in [3.63, 3.8) is 0 Å². The van der Waals surface area contributed by atoms with Crippen LogP contribution in [0.1, 0.15) is 21.7 Å². The molecule has 3 aromatic rings. The van der Waals surface area contributed by atoms with Crippen LogP contribution in [0.3, 0.4) is 0 Å². The Morgan fingerprint density at radius 3 is 2.58 bits per heavy atom. The van der Waals surface area contributed by atoms with Gasteiger partial charge in [0.2, 0.25) is 0 Å². The SMILES string of the molecule is Cc1cc(NC(=O)c2[nH]ncc2Cl)nn1Cc1c(Cl)cccc1Cl. The third-order valence-corrected chi connectivity index (χ3v) is 4.41. The quantitative estimate of drug-likeness (QED) is 0.708. The van der Waals surface area contributed by atoms with Crippen molar-refractivity contribution in [2.24, 2.45) is 0 Å². The van der Waals surface area contributed by atoms with E-state index in [1.165, 1.54) is 6.20 Å². The molecule has 24 heavy (non-hydrogen) atoms. The summed E-state index contributed by atoms with van der Waals surface area (Å²) < 4.78 is 1.71. The Morgan fingerprint density at radius 1 is 1.25 bits per heavy atom. The zero-order valence-corrected chi connectivity index (χ0v) is 14.7. The summed E-state index contributed by atoms with van der Waals surface area (Å²) in [6.45, 7) is 2.27. The van der Waals surface area contributed by atoms with Gasteiger partial charge in [0.05, 0.1) is 17.8 Å². The van der Waals surface area contributed by atoms with Gasteiger partial charge < -0.3 is 5.32 Å². The highest BCUT2D eigenvalue weighted by atomic mass is 35.5. The molecule has 1 aromatic carbocycles. The number of nitrogens with zero attached hydrogens (tertiary/aromatic N) is 3. The molecule has 0 aliphatic rings. The predicted molar refractivity (Wildman–Crippen MR) is 94.1 cm³/mol. The summed E-state index contributed by atoms with van der Waals surface area (Å²) in [5.74, 6) is -0.0238. The van der Waals surface area contributed by atoms with Crippen LogP contribution < -0.4 is 5.32 Å². The van der Waals surface area contributed by atoms with Crippen LogP contribution in [0, 0.1) is 6.92 Å². The summed E-state index contributed by atoms with van der Waals surface area (Å²) in [7, 11) is 0. The molecule has 0 spiro atoms. The van der Waals surface area contributed by atoms with Crippen molar-refractivity contribution >= 4 is 46.5 Å². The number of hydrogen-bond acceptors (Lipinski definition) is 3. The summed E-state index contributed by atoms with van der Waals surface area (Å²) in [4.78, 5) is 12.1. The number of aromatic amines is 1. The van der Waals surface area contributed by atoms with Gasteiger partial charge in [0.15, 0.2) is 5.82 Å².